The molecule has 26 heavy (non-hydrogen) atoms. The second-order valence-corrected chi connectivity index (χ2v) is 6.79. The summed E-state index contributed by atoms with van der Waals surface area (Å²) in [5, 5.41) is 2.43. The third kappa shape index (κ3) is 7.55. The molecule has 0 aromatic heterocycles. The van der Waals surface area contributed by atoms with Gasteiger partial charge in [0.2, 0.25) is 5.91 Å². The van der Waals surface area contributed by atoms with Crippen LogP contribution in [0.4, 0.5) is 4.79 Å². The molecule has 144 valence electrons. The van der Waals surface area contributed by atoms with Gasteiger partial charge in [0, 0.05) is 6.54 Å². The lowest BCUT2D eigenvalue weighted by molar-refractivity contribution is -0.154. The minimum absolute atomic E-state index is 0.229. The van der Waals surface area contributed by atoms with E-state index in [0.29, 0.717) is 0 Å². The van der Waals surface area contributed by atoms with Crippen LogP contribution in [0.5, 0.6) is 0 Å². The minimum Gasteiger partial charge on any atom is -0.464 e. The van der Waals surface area contributed by atoms with Crippen molar-refractivity contribution in [1.29, 1.82) is 0 Å². The first-order valence-electron chi connectivity index (χ1n) is 8.61. The van der Waals surface area contributed by atoms with Gasteiger partial charge in [0.1, 0.15) is 18.2 Å². The summed E-state index contributed by atoms with van der Waals surface area (Å²) in [6.07, 6.45) is -0.686. The third-order valence-electron chi connectivity index (χ3n) is 3.39. The van der Waals surface area contributed by atoms with E-state index in [9.17, 15) is 14.4 Å². The van der Waals surface area contributed by atoms with Crippen molar-refractivity contribution in [3.63, 3.8) is 0 Å². The van der Waals surface area contributed by atoms with E-state index in [1.807, 2.05) is 30.3 Å². The van der Waals surface area contributed by atoms with E-state index in [2.05, 4.69) is 5.32 Å². The largest absolute Gasteiger partial charge is 0.464 e. The number of hydrogen-bond acceptors (Lipinski definition) is 5. The fourth-order valence-corrected chi connectivity index (χ4v) is 2.17. The number of carbonyl (C=O) groups excluding carboxylic acids is 3. The Morgan fingerprint density at radius 3 is 2.31 bits per heavy atom. The number of alkyl carbamates (subject to hydrolysis) is 1. The normalized spacial score (nSPS) is 12.0. The van der Waals surface area contributed by atoms with E-state index < -0.39 is 29.6 Å². The van der Waals surface area contributed by atoms with Crippen molar-refractivity contribution >= 4 is 18.0 Å². The van der Waals surface area contributed by atoms with Crippen LogP contribution in [0.25, 0.3) is 0 Å². The number of nitrogens with one attached hydrogen (secondary N) is 1. The van der Waals surface area contributed by atoms with Gasteiger partial charge in [-0.15, -0.1) is 0 Å². The molecule has 0 fully saturated rings. The van der Waals surface area contributed by atoms with Gasteiger partial charge in [-0.3, -0.25) is 4.79 Å². The SMILES string of the molecule is CCOC(=O)C(C)N(Cc1ccccc1)C(=O)CNC(=O)OC(C)(C)C. The second kappa shape index (κ2) is 9.79. The highest BCUT2D eigenvalue weighted by molar-refractivity contribution is 5.87. The van der Waals surface area contributed by atoms with E-state index in [1.54, 1.807) is 34.6 Å². The fraction of sp³-hybridized carbons (Fsp3) is 0.526. The molecule has 1 aromatic rings. The quantitative estimate of drug-likeness (QED) is 0.752. The molecule has 0 saturated heterocycles. The zero-order valence-electron chi connectivity index (χ0n) is 16.1. The highest BCUT2D eigenvalue weighted by Crippen LogP contribution is 2.11. The van der Waals surface area contributed by atoms with Gasteiger partial charge >= 0.3 is 12.1 Å². The molecule has 0 aliphatic heterocycles. The zero-order valence-corrected chi connectivity index (χ0v) is 16.1. The van der Waals surface area contributed by atoms with Crippen LogP contribution in [-0.4, -0.2) is 47.7 Å². The minimum atomic E-state index is -0.775. The summed E-state index contributed by atoms with van der Waals surface area (Å²) < 4.78 is 10.1. The van der Waals surface area contributed by atoms with Crippen LogP contribution in [0, 0.1) is 0 Å². The molecule has 1 N–H and O–H groups in total. The number of carbonyl (C=O) groups is 3. The molecule has 1 aromatic carbocycles. The van der Waals surface area contributed by atoms with E-state index in [-0.39, 0.29) is 19.7 Å². The number of rotatable bonds is 7. The van der Waals surface area contributed by atoms with Crippen molar-refractivity contribution in [3.8, 4) is 0 Å². The molecule has 0 aliphatic carbocycles. The van der Waals surface area contributed by atoms with E-state index in [0.717, 1.165) is 5.56 Å². The first kappa shape index (κ1) is 21.5. The number of amides is 2. The molecule has 0 radical (unpaired) electrons. The molecular formula is C19H28N2O5. The smallest absolute Gasteiger partial charge is 0.408 e. The van der Waals surface area contributed by atoms with Crippen molar-refractivity contribution in [3.05, 3.63) is 35.9 Å². The van der Waals surface area contributed by atoms with Gasteiger partial charge in [-0.05, 0) is 40.2 Å². The molecule has 2 amide bonds. The molecule has 7 nitrogen and oxygen atoms in total. The maximum Gasteiger partial charge on any atom is 0.408 e. The van der Waals surface area contributed by atoms with Crippen LogP contribution >= 0.6 is 0 Å². The second-order valence-electron chi connectivity index (χ2n) is 6.79. The maximum absolute atomic E-state index is 12.6. The predicted molar refractivity (Wildman–Crippen MR) is 97.3 cm³/mol. The van der Waals surface area contributed by atoms with Crippen molar-refractivity contribution in [2.45, 2.75) is 52.8 Å². The molecule has 1 unspecified atom stereocenters. The van der Waals surface area contributed by atoms with Crippen LogP contribution in [-0.2, 0) is 25.6 Å². The summed E-state index contributed by atoms with van der Waals surface area (Å²) in [5.41, 5.74) is 0.212. The van der Waals surface area contributed by atoms with Gasteiger partial charge in [0.25, 0.3) is 0 Å². The van der Waals surface area contributed by atoms with Crippen molar-refractivity contribution in [1.82, 2.24) is 10.2 Å². The number of hydrogen-bond donors (Lipinski definition) is 1. The monoisotopic (exact) mass is 364 g/mol. The molecule has 1 atom stereocenters. The summed E-state index contributed by atoms with van der Waals surface area (Å²) in [5.74, 6) is -0.894. The first-order chi connectivity index (χ1) is 12.1. The van der Waals surface area contributed by atoms with Crippen molar-refractivity contribution in [2.75, 3.05) is 13.2 Å². The topological polar surface area (TPSA) is 84.9 Å². The Kier molecular flexibility index (Phi) is 8.09. The van der Waals surface area contributed by atoms with Gasteiger partial charge in [0.15, 0.2) is 0 Å². The van der Waals surface area contributed by atoms with Crippen molar-refractivity contribution in [2.24, 2.45) is 0 Å². The van der Waals surface area contributed by atoms with Crippen molar-refractivity contribution < 1.29 is 23.9 Å². The highest BCUT2D eigenvalue weighted by Gasteiger charge is 2.27. The van der Waals surface area contributed by atoms with Gasteiger partial charge in [-0.2, -0.15) is 0 Å². The number of esters is 1. The predicted octanol–water partition coefficient (Wildman–Crippen LogP) is 2.49. The maximum atomic E-state index is 12.6. The third-order valence-corrected chi connectivity index (χ3v) is 3.39. The van der Waals surface area contributed by atoms with Gasteiger partial charge in [-0.1, -0.05) is 30.3 Å². The molecule has 1 rings (SSSR count). The van der Waals surface area contributed by atoms with Crippen LogP contribution in [0.15, 0.2) is 30.3 Å². The van der Waals surface area contributed by atoms with Crippen LogP contribution in [0.1, 0.15) is 40.2 Å². The summed E-state index contributed by atoms with van der Waals surface area (Å²) >= 11 is 0. The van der Waals surface area contributed by atoms with E-state index in [4.69, 9.17) is 9.47 Å². The Bertz CT molecular complexity index is 610. The Hall–Kier alpha value is -2.57. The molecule has 0 saturated carbocycles. The van der Waals surface area contributed by atoms with Crippen LogP contribution in [0.3, 0.4) is 0 Å². The van der Waals surface area contributed by atoms with Crippen LogP contribution in [0.2, 0.25) is 0 Å². The summed E-state index contributed by atoms with van der Waals surface area (Å²) in [4.78, 5) is 37.8. The van der Waals surface area contributed by atoms with E-state index in [1.165, 1.54) is 4.90 Å². The zero-order chi connectivity index (χ0) is 19.7. The Labute approximate surface area is 154 Å². The summed E-state index contributed by atoms with van der Waals surface area (Å²) in [6.45, 7) is 8.70. The van der Waals surface area contributed by atoms with Gasteiger partial charge in [0.05, 0.1) is 6.61 Å². The van der Waals surface area contributed by atoms with Crippen LogP contribution < -0.4 is 5.32 Å². The van der Waals surface area contributed by atoms with Gasteiger partial charge in [-0.25, -0.2) is 9.59 Å². The molecule has 0 heterocycles. The number of nitrogens with zero attached hydrogens (tertiary/aromatic N) is 1. The average Bonchev–Trinajstić information content (AvgIpc) is 2.56. The average molecular weight is 364 g/mol. The Balaban J connectivity index is 2.81. The Morgan fingerprint density at radius 1 is 1.15 bits per heavy atom. The number of ether oxygens (including phenoxy) is 2. The van der Waals surface area contributed by atoms with E-state index >= 15 is 0 Å². The summed E-state index contributed by atoms with van der Waals surface area (Å²) in [7, 11) is 0. The molecular weight excluding hydrogens is 336 g/mol. The lowest BCUT2D eigenvalue weighted by atomic mass is 10.1. The number of benzene rings is 1. The highest BCUT2D eigenvalue weighted by atomic mass is 16.6. The van der Waals surface area contributed by atoms with Gasteiger partial charge < -0.3 is 19.7 Å². The summed E-state index contributed by atoms with van der Waals surface area (Å²) in [6, 6.07) is 8.52. The fourth-order valence-electron chi connectivity index (χ4n) is 2.17. The Morgan fingerprint density at radius 2 is 1.77 bits per heavy atom. The first-order valence-corrected chi connectivity index (χ1v) is 8.61. The molecule has 0 bridgehead atoms. The lowest BCUT2D eigenvalue weighted by Crippen LogP contribution is -2.48. The lowest BCUT2D eigenvalue weighted by Gasteiger charge is -2.28. The molecule has 0 spiro atoms. The molecule has 0 aliphatic rings. The molecule has 7 heteroatoms. The standard InChI is InChI=1S/C19H28N2O5/c1-6-25-17(23)14(2)21(13-15-10-8-7-9-11-15)16(22)12-20-18(24)26-19(3,4)5/h7-11,14H,6,12-13H2,1-5H3,(H,20,24).